The van der Waals surface area contributed by atoms with Gasteiger partial charge in [0.15, 0.2) is 0 Å². The van der Waals surface area contributed by atoms with Crippen LogP contribution in [0.15, 0.2) is 0 Å². The molecular formula is C14H26N2O. The Kier molecular flexibility index (Phi) is 4.43. The second-order valence-corrected chi connectivity index (χ2v) is 5.88. The molecule has 2 unspecified atom stereocenters. The van der Waals surface area contributed by atoms with Crippen molar-refractivity contribution in [2.75, 3.05) is 6.54 Å². The van der Waals surface area contributed by atoms with Gasteiger partial charge in [0.1, 0.15) is 0 Å². The normalized spacial score (nSPS) is 38.9. The molecule has 0 aromatic rings. The van der Waals surface area contributed by atoms with Crippen LogP contribution in [0.25, 0.3) is 0 Å². The third kappa shape index (κ3) is 3.21. The Hall–Kier alpha value is -0.570. The zero-order valence-corrected chi connectivity index (χ0v) is 11.0. The number of primary amides is 1. The molecular weight excluding hydrogens is 212 g/mol. The predicted octanol–water partition coefficient (Wildman–Crippen LogP) is 2.06. The second-order valence-electron chi connectivity index (χ2n) is 5.88. The first-order valence-corrected chi connectivity index (χ1v) is 7.23. The molecule has 1 aliphatic heterocycles. The van der Waals surface area contributed by atoms with E-state index in [0.29, 0.717) is 0 Å². The Balaban J connectivity index is 1.84. The zero-order chi connectivity index (χ0) is 12.3. The van der Waals surface area contributed by atoms with Crippen LogP contribution in [-0.2, 0) is 4.79 Å². The molecule has 1 saturated carbocycles. The SMILES string of the molecule is CCC1CCC(C2CCNC(C(N)=O)C2)CC1. The van der Waals surface area contributed by atoms with Crippen LogP contribution in [0.2, 0.25) is 0 Å². The number of amides is 1. The molecule has 2 atom stereocenters. The summed E-state index contributed by atoms with van der Waals surface area (Å²) < 4.78 is 0. The maximum Gasteiger partial charge on any atom is 0.234 e. The summed E-state index contributed by atoms with van der Waals surface area (Å²) in [5, 5.41) is 3.23. The van der Waals surface area contributed by atoms with Crippen LogP contribution >= 0.6 is 0 Å². The minimum atomic E-state index is -0.169. The van der Waals surface area contributed by atoms with Gasteiger partial charge < -0.3 is 11.1 Å². The van der Waals surface area contributed by atoms with Crippen molar-refractivity contribution in [1.82, 2.24) is 5.32 Å². The third-order valence-electron chi connectivity index (χ3n) is 4.92. The van der Waals surface area contributed by atoms with Crippen molar-refractivity contribution in [2.24, 2.45) is 23.5 Å². The highest BCUT2D eigenvalue weighted by Gasteiger charge is 2.32. The lowest BCUT2D eigenvalue weighted by molar-refractivity contribution is -0.121. The van der Waals surface area contributed by atoms with E-state index in [0.717, 1.165) is 30.7 Å². The molecule has 0 aromatic heterocycles. The fraction of sp³-hybridized carbons (Fsp3) is 0.929. The number of hydrogen-bond donors (Lipinski definition) is 2. The minimum Gasteiger partial charge on any atom is -0.368 e. The first-order chi connectivity index (χ1) is 8.20. The fourth-order valence-corrected chi connectivity index (χ4v) is 3.66. The number of rotatable bonds is 3. The first kappa shape index (κ1) is 12.9. The van der Waals surface area contributed by atoms with E-state index in [2.05, 4.69) is 12.2 Å². The van der Waals surface area contributed by atoms with Crippen molar-refractivity contribution in [3.05, 3.63) is 0 Å². The van der Waals surface area contributed by atoms with E-state index in [9.17, 15) is 4.79 Å². The molecule has 0 bridgehead atoms. The largest absolute Gasteiger partial charge is 0.368 e. The van der Waals surface area contributed by atoms with Gasteiger partial charge in [-0.05, 0) is 50.0 Å². The maximum absolute atomic E-state index is 11.2. The van der Waals surface area contributed by atoms with E-state index in [4.69, 9.17) is 5.73 Å². The smallest absolute Gasteiger partial charge is 0.234 e. The summed E-state index contributed by atoms with van der Waals surface area (Å²) in [6, 6.07) is -0.0716. The van der Waals surface area contributed by atoms with Gasteiger partial charge >= 0.3 is 0 Å². The number of hydrogen-bond acceptors (Lipinski definition) is 2. The number of carbonyl (C=O) groups is 1. The molecule has 2 rings (SSSR count). The molecule has 3 N–H and O–H groups in total. The summed E-state index contributed by atoms with van der Waals surface area (Å²) in [7, 11) is 0. The average molecular weight is 238 g/mol. The Labute approximate surface area is 105 Å². The molecule has 1 amide bonds. The number of piperidine rings is 1. The second kappa shape index (κ2) is 5.85. The molecule has 0 aromatic carbocycles. The van der Waals surface area contributed by atoms with Crippen LogP contribution in [-0.4, -0.2) is 18.5 Å². The lowest BCUT2D eigenvalue weighted by Crippen LogP contribution is -2.48. The van der Waals surface area contributed by atoms with E-state index < -0.39 is 0 Å². The van der Waals surface area contributed by atoms with Gasteiger partial charge in [0.05, 0.1) is 6.04 Å². The van der Waals surface area contributed by atoms with Crippen LogP contribution < -0.4 is 11.1 Å². The van der Waals surface area contributed by atoms with Crippen LogP contribution in [0.3, 0.4) is 0 Å². The standard InChI is InChI=1S/C14H26N2O/c1-2-10-3-5-11(6-4-10)12-7-8-16-13(9-12)14(15)17/h10-13,16H,2-9H2,1H3,(H2,15,17). The number of carbonyl (C=O) groups excluding carboxylic acids is 1. The predicted molar refractivity (Wildman–Crippen MR) is 69.4 cm³/mol. The zero-order valence-electron chi connectivity index (χ0n) is 11.0. The topological polar surface area (TPSA) is 55.1 Å². The van der Waals surface area contributed by atoms with Crippen LogP contribution in [0.4, 0.5) is 0 Å². The van der Waals surface area contributed by atoms with Gasteiger partial charge in [-0.3, -0.25) is 4.79 Å². The summed E-state index contributed by atoms with van der Waals surface area (Å²) in [5.74, 6) is 2.37. The lowest BCUT2D eigenvalue weighted by Gasteiger charge is -2.38. The van der Waals surface area contributed by atoms with Gasteiger partial charge in [-0.25, -0.2) is 0 Å². The lowest BCUT2D eigenvalue weighted by atomic mass is 9.71. The highest BCUT2D eigenvalue weighted by Crippen LogP contribution is 2.38. The maximum atomic E-state index is 11.2. The van der Waals surface area contributed by atoms with Gasteiger partial charge in [-0.15, -0.1) is 0 Å². The molecule has 2 aliphatic rings. The van der Waals surface area contributed by atoms with Crippen molar-refractivity contribution < 1.29 is 4.79 Å². The van der Waals surface area contributed by atoms with E-state index >= 15 is 0 Å². The van der Waals surface area contributed by atoms with Crippen molar-refractivity contribution in [3.8, 4) is 0 Å². The van der Waals surface area contributed by atoms with Crippen molar-refractivity contribution >= 4 is 5.91 Å². The van der Waals surface area contributed by atoms with E-state index in [-0.39, 0.29) is 11.9 Å². The monoisotopic (exact) mass is 238 g/mol. The molecule has 0 spiro atoms. The van der Waals surface area contributed by atoms with Crippen molar-refractivity contribution in [2.45, 2.75) is 57.9 Å². The van der Waals surface area contributed by atoms with Crippen molar-refractivity contribution in [3.63, 3.8) is 0 Å². The molecule has 1 saturated heterocycles. The van der Waals surface area contributed by atoms with E-state index in [1.165, 1.54) is 38.5 Å². The van der Waals surface area contributed by atoms with Gasteiger partial charge in [0, 0.05) is 0 Å². The van der Waals surface area contributed by atoms with Gasteiger partial charge in [0.25, 0.3) is 0 Å². The number of nitrogens with one attached hydrogen (secondary N) is 1. The molecule has 3 nitrogen and oxygen atoms in total. The fourth-order valence-electron chi connectivity index (χ4n) is 3.66. The quantitative estimate of drug-likeness (QED) is 0.790. The van der Waals surface area contributed by atoms with Crippen LogP contribution in [0.1, 0.15) is 51.9 Å². The summed E-state index contributed by atoms with van der Waals surface area (Å²) in [6.45, 7) is 3.27. The molecule has 2 fully saturated rings. The van der Waals surface area contributed by atoms with Crippen LogP contribution in [0.5, 0.6) is 0 Å². The Morgan fingerprint density at radius 1 is 1.18 bits per heavy atom. The number of nitrogens with two attached hydrogens (primary N) is 1. The van der Waals surface area contributed by atoms with Gasteiger partial charge in [-0.2, -0.15) is 0 Å². The molecule has 17 heavy (non-hydrogen) atoms. The average Bonchev–Trinajstić information content (AvgIpc) is 2.39. The summed E-state index contributed by atoms with van der Waals surface area (Å²) in [6.07, 6.45) is 9.06. The highest BCUT2D eigenvalue weighted by molar-refractivity contribution is 5.79. The molecule has 1 heterocycles. The Morgan fingerprint density at radius 2 is 1.88 bits per heavy atom. The molecule has 1 aliphatic carbocycles. The Bertz CT molecular complexity index is 259. The Morgan fingerprint density at radius 3 is 2.47 bits per heavy atom. The first-order valence-electron chi connectivity index (χ1n) is 7.23. The molecule has 98 valence electrons. The van der Waals surface area contributed by atoms with E-state index in [1.807, 2.05) is 0 Å². The van der Waals surface area contributed by atoms with Gasteiger partial charge in [0.2, 0.25) is 5.91 Å². The summed E-state index contributed by atoms with van der Waals surface area (Å²) in [5.41, 5.74) is 5.40. The molecule has 0 radical (unpaired) electrons. The van der Waals surface area contributed by atoms with Gasteiger partial charge in [-0.1, -0.05) is 26.2 Å². The van der Waals surface area contributed by atoms with Crippen LogP contribution in [0, 0.1) is 17.8 Å². The van der Waals surface area contributed by atoms with E-state index in [1.54, 1.807) is 0 Å². The third-order valence-corrected chi connectivity index (χ3v) is 4.92. The highest BCUT2D eigenvalue weighted by atomic mass is 16.1. The molecule has 3 heteroatoms. The van der Waals surface area contributed by atoms with Crippen molar-refractivity contribution in [1.29, 1.82) is 0 Å². The summed E-state index contributed by atoms with van der Waals surface area (Å²) in [4.78, 5) is 11.2. The summed E-state index contributed by atoms with van der Waals surface area (Å²) >= 11 is 0. The minimum absolute atomic E-state index is 0.0716.